The molecule has 0 radical (unpaired) electrons. The molecule has 3 aromatic rings. The summed E-state index contributed by atoms with van der Waals surface area (Å²) in [5.41, 5.74) is 2.39. The lowest BCUT2D eigenvalue weighted by Crippen LogP contribution is -2.17. The van der Waals surface area contributed by atoms with Crippen molar-refractivity contribution in [3.8, 4) is 22.1 Å². The molecule has 2 heterocycles. The largest absolute Gasteiger partial charge is 0.493 e. The summed E-state index contributed by atoms with van der Waals surface area (Å²) in [7, 11) is 6.57. The third-order valence-electron chi connectivity index (χ3n) is 4.41. The van der Waals surface area contributed by atoms with Crippen LogP contribution >= 0.6 is 11.3 Å². The first-order valence-electron chi connectivity index (χ1n) is 8.98. The molecule has 0 N–H and O–H groups in total. The smallest absolute Gasteiger partial charge is 0.341 e. The van der Waals surface area contributed by atoms with Gasteiger partial charge in [-0.2, -0.15) is 0 Å². The second-order valence-electron chi connectivity index (χ2n) is 6.56. The zero-order valence-corrected chi connectivity index (χ0v) is 18.0. The van der Waals surface area contributed by atoms with Gasteiger partial charge in [0.25, 0.3) is 0 Å². The zero-order valence-electron chi connectivity index (χ0n) is 17.1. The van der Waals surface area contributed by atoms with Crippen LogP contribution in [0.5, 0.6) is 11.5 Å². The van der Waals surface area contributed by atoms with Crippen molar-refractivity contribution in [3.05, 3.63) is 52.4 Å². The average Bonchev–Trinajstić information content (AvgIpc) is 3.33. The van der Waals surface area contributed by atoms with E-state index in [1.807, 2.05) is 30.6 Å². The maximum atomic E-state index is 11.7. The van der Waals surface area contributed by atoms with E-state index in [1.165, 1.54) is 7.11 Å². The third kappa shape index (κ3) is 4.78. The highest BCUT2D eigenvalue weighted by Gasteiger charge is 2.17. The first-order valence-corrected chi connectivity index (χ1v) is 9.86. The molecule has 3 rings (SSSR count). The second-order valence-corrected chi connectivity index (χ2v) is 7.42. The van der Waals surface area contributed by atoms with E-state index in [0.717, 1.165) is 16.3 Å². The fraction of sp³-hybridized carbons (Fsp3) is 0.333. The highest BCUT2D eigenvalue weighted by Crippen LogP contribution is 2.33. The van der Waals surface area contributed by atoms with Crippen molar-refractivity contribution >= 4 is 17.3 Å². The van der Waals surface area contributed by atoms with E-state index in [0.29, 0.717) is 41.7 Å². The molecule has 0 spiro atoms. The van der Waals surface area contributed by atoms with Crippen molar-refractivity contribution in [2.24, 2.45) is 0 Å². The van der Waals surface area contributed by atoms with E-state index >= 15 is 0 Å². The first-order chi connectivity index (χ1) is 13.9. The van der Waals surface area contributed by atoms with Crippen LogP contribution < -0.4 is 9.47 Å². The van der Waals surface area contributed by atoms with E-state index in [-0.39, 0.29) is 5.97 Å². The van der Waals surface area contributed by atoms with Gasteiger partial charge in [-0.05, 0) is 38.2 Å². The molecule has 1 aromatic carbocycles. The summed E-state index contributed by atoms with van der Waals surface area (Å²) in [5, 5.41) is 2.95. The molecular weight excluding hydrogens is 392 g/mol. The normalized spacial score (nSPS) is 11.0. The minimum Gasteiger partial charge on any atom is -0.493 e. The molecule has 154 valence electrons. The maximum Gasteiger partial charge on any atom is 0.341 e. The van der Waals surface area contributed by atoms with Crippen LogP contribution in [0.4, 0.5) is 0 Å². The van der Waals surface area contributed by atoms with Gasteiger partial charge in [0.05, 0.1) is 33.6 Å². The Bertz CT molecular complexity index is 995. The summed E-state index contributed by atoms with van der Waals surface area (Å²) in [6.45, 7) is 2.96. The monoisotopic (exact) mass is 416 g/mol. The zero-order chi connectivity index (χ0) is 21.0. The summed E-state index contributed by atoms with van der Waals surface area (Å²) in [4.78, 5) is 18.5. The highest BCUT2D eigenvalue weighted by atomic mass is 32.1. The standard InChI is InChI=1S/C21H24N2O5S/c1-13-17(21(24)27-5)9-16(28-13)11-23(2)10-15-12-29-20(22-15)14-6-7-18(25-3)19(8-14)26-4/h6-9,12H,10-11H2,1-5H3. The van der Waals surface area contributed by atoms with Gasteiger partial charge in [0.15, 0.2) is 11.5 Å². The van der Waals surface area contributed by atoms with Crippen molar-refractivity contribution in [2.75, 3.05) is 28.4 Å². The number of aromatic nitrogens is 1. The number of benzene rings is 1. The topological polar surface area (TPSA) is 74.0 Å². The fourth-order valence-electron chi connectivity index (χ4n) is 3.01. The number of hydrogen-bond donors (Lipinski definition) is 0. The Labute approximate surface area is 173 Å². The fourth-order valence-corrected chi connectivity index (χ4v) is 3.82. The van der Waals surface area contributed by atoms with Gasteiger partial charge in [-0.3, -0.25) is 4.90 Å². The van der Waals surface area contributed by atoms with Crippen LogP contribution in [-0.2, 0) is 17.8 Å². The molecule has 0 aliphatic carbocycles. The van der Waals surface area contributed by atoms with Crippen LogP contribution in [-0.4, -0.2) is 44.2 Å². The molecule has 0 bridgehead atoms. The number of rotatable bonds is 8. The molecule has 0 amide bonds. The number of methoxy groups -OCH3 is 3. The van der Waals surface area contributed by atoms with E-state index in [2.05, 4.69) is 4.90 Å². The van der Waals surface area contributed by atoms with Crippen LogP contribution in [0.25, 0.3) is 10.6 Å². The molecule has 0 saturated carbocycles. The number of ether oxygens (including phenoxy) is 3. The number of nitrogens with zero attached hydrogens (tertiary/aromatic N) is 2. The minimum absolute atomic E-state index is 0.390. The van der Waals surface area contributed by atoms with Crippen LogP contribution in [0, 0.1) is 6.92 Å². The van der Waals surface area contributed by atoms with Crippen molar-refractivity contribution < 1.29 is 23.4 Å². The van der Waals surface area contributed by atoms with Gasteiger partial charge in [-0.15, -0.1) is 11.3 Å². The van der Waals surface area contributed by atoms with Crippen molar-refractivity contribution in [3.63, 3.8) is 0 Å². The van der Waals surface area contributed by atoms with Gasteiger partial charge in [0.2, 0.25) is 0 Å². The van der Waals surface area contributed by atoms with Gasteiger partial charge < -0.3 is 18.6 Å². The number of aryl methyl sites for hydroxylation is 1. The lowest BCUT2D eigenvalue weighted by molar-refractivity contribution is 0.0599. The van der Waals surface area contributed by atoms with Crippen molar-refractivity contribution in [1.29, 1.82) is 0 Å². The Hall–Kier alpha value is -2.84. The number of hydrogen-bond acceptors (Lipinski definition) is 8. The van der Waals surface area contributed by atoms with E-state index in [4.69, 9.17) is 23.6 Å². The van der Waals surface area contributed by atoms with Crippen molar-refractivity contribution in [1.82, 2.24) is 9.88 Å². The Morgan fingerprint density at radius 1 is 1.14 bits per heavy atom. The van der Waals surface area contributed by atoms with Gasteiger partial charge >= 0.3 is 5.97 Å². The SMILES string of the molecule is COC(=O)c1cc(CN(C)Cc2csc(-c3ccc(OC)c(OC)c3)n2)oc1C. The summed E-state index contributed by atoms with van der Waals surface area (Å²) in [5.74, 6) is 2.24. The maximum absolute atomic E-state index is 11.7. The molecule has 0 fully saturated rings. The Morgan fingerprint density at radius 3 is 2.59 bits per heavy atom. The molecule has 7 nitrogen and oxygen atoms in total. The van der Waals surface area contributed by atoms with Crippen LogP contribution in [0.15, 0.2) is 34.1 Å². The Balaban J connectivity index is 1.68. The van der Waals surface area contributed by atoms with E-state index < -0.39 is 0 Å². The third-order valence-corrected chi connectivity index (χ3v) is 5.35. The number of esters is 1. The number of thiazole rings is 1. The Morgan fingerprint density at radius 2 is 1.90 bits per heavy atom. The quantitative estimate of drug-likeness (QED) is 0.511. The summed E-state index contributed by atoms with van der Waals surface area (Å²) < 4.78 is 21.1. The van der Waals surface area contributed by atoms with Crippen molar-refractivity contribution in [2.45, 2.75) is 20.0 Å². The highest BCUT2D eigenvalue weighted by molar-refractivity contribution is 7.13. The lowest BCUT2D eigenvalue weighted by atomic mass is 10.2. The number of carbonyl (C=O) groups is 1. The lowest BCUT2D eigenvalue weighted by Gasteiger charge is -2.13. The number of carbonyl (C=O) groups excluding carboxylic acids is 1. The molecular formula is C21H24N2O5S. The van der Waals surface area contributed by atoms with Crippen LogP contribution in [0.1, 0.15) is 27.6 Å². The molecule has 8 heteroatoms. The molecule has 2 aromatic heterocycles. The van der Waals surface area contributed by atoms with Crippen LogP contribution in [0.2, 0.25) is 0 Å². The summed E-state index contributed by atoms with van der Waals surface area (Å²) in [6.07, 6.45) is 0. The first kappa shape index (κ1) is 20.9. The van der Waals surface area contributed by atoms with E-state index in [9.17, 15) is 4.79 Å². The van der Waals surface area contributed by atoms with Crippen LogP contribution in [0.3, 0.4) is 0 Å². The molecule has 29 heavy (non-hydrogen) atoms. The Kier molecular flexibility index (Phi) is 6.56. The minimum atomic E-state index is -0.390. The van der Waals surface area contributed by atoms with Gasteiger partial charge in [0.1, 0.15) is 22.1 Å². The predicted molar refractivity (Wildman–Crippen MR) is 111 cm³/mol. The second kappa shape index (κ2) is 9.11. The predicted octanol–water partition coefficient (Wildman–Crippen LogP) is 4.15. The molecule has 0 saturated heterocycles. The average molecular weight is 416 g/mol. The summed E-state index contributed by atoms with van der Waals surface area (Å²) >= 11 is 1.58. The molecule has 0 atom stereocenters. The molecule has 0 unspecified atom stereocenters. The van der Waals surface area contributed by atoms with E-state index in [1.54, 1.807) is 38.5 Å². The van der Waals surface area contributed by atoms with Gasteiger partial charge in [-0.1, -0.05) is 0 Å². The summed E-state index contributed by atoms with van der Waals surface area (Å²) in [6, 6.07) is 7.49. The van der Waals surface area contributed by atoms with Gasteiger partial charge in [0, 0.05) is 17.5 Å². The van der Waals surface area contributed by atoms with Gasteiger partial charge in [-0.25, -0.2) is 9.78 Å². The molecule has 0 aliphatic rings. The molecule has 0 aliphatic heterocycles. The number of furan rings is 1.